The lowest BCUT2D eigenvalue weighted by Gasteiger charge is -2.12. The van der Waals surface area contributed by atoms with Gasteiger partial charge in [0.15, 0.2) is 5.75 Å². The summed E-state index contributed by atoms with van der Waals surface area (Å²) in [5.41, 5.74) is 1.93. The van der Waals surface area contributed by atoms with E-state index in [1.165, 1.54) is 6.08 Å². The first-order valence-electron chi connectivity index (χ1n) is 8.40. The van der Waals surface area contributed by atoms with Crippen molar-refractivity contribution < 1.29 is 14.3 Å². The molecule has 0 aromatic heterocycles. The average molecular weight is 490 g/mol. The highest BCUT2D eigenvalue weighted by atomic mass is 79.9. The van der Waals surface area contributed by atoms with Crippen molar-refractivity contribution in [2.75, 3.05) is 6.54 Å². The lowest BCUT2D eigenvalue weighted by atomic mass is 10.1. The molecule has 0 unspecified atom stereocenters. The third-order valence-corrected chi connectivity index (χ3v) is 5.79. The minimum Gasteiger partial charge on any atom is -0.486 e. The Morgan fingerprint density at radius 3 is 2.76 bits per heavy atom. The Labute approximate surface area is 185 Å². The van der Waals surface area contributed by atoms with E-state index in [9.17, 15) is 14.9 Å². The topological polar surface area (TPSA) is 70.4 Å². The molecule has 1 aliphatic heterocycles. The zero-order valence-corrected chi connectivity index (χ0v) is 18.2. The minimum atomic E-state index is -0.361. The minimum absolute atomic E-state index is 0.170. The second-order valence-corrected chi connectivity index (χ2v) is 8.21. The molecule has 2 aromatic carbocycles. The van der Waals surface area contributed by atoms with E-state index in [4.69, 9.17) is 16.3 Å². The Balaban J connectivity index is 1.81. The first-order chi connectivity index (χ1) is 13.9. The molecule has 0 aliphatic carbocycles. The van der Waals surface area contributed by atoms with Gasteiger partial charge < -0.3 is 4.74 Å². The summed E-state index contributed by atoms with van der Waals surface area (Å²) < 4.78 is 6.41. The van der Waals surface area contributed by atoms with Crippen molar-refractivity contribution in [3.8, 4) is 11.8 Å². The van der Waals surface area contributed by atoms with Crippen molar-refractivity contribution in [3.05, 3.63) is 80.1 Å². The van der Waals surface area contributed by atoms with Gasteiger partial charge in [-0.05, 0) is 57.5 Å². The number of rotatable bonds is 6. The summed E-state index contributed by atoms with van der Waals surface area (Å²) in [6.45, 7) is 3.91. The van der Waals surface area contributed by atoms with E-state index in [-0.39, 0.29) is 24.3 Å². The van der Waals surface area contributed by atoms with Crippen LogP contribution in [0.3, 0.4) is 0 Å². The number of halogens is 2. The summed E-state index contributed by atoms with van der Waals surface area (Å²) >= 11 is 10.7. The molecule has 1 saturated heterocycles. The predicted molar refractivity (Wildman–Crippen MR) is 118 cm³/mol. The monoisotopic (exact) mass is 488 g/mol. The molecule has 2 aromatic rings. The molecule has 3 rings (SSSR count). The maximum Gasteiger partial charge on any atom is 0.293 e. The number of carbonyl (C=O) groups excluding carboxylic acids is 2. The molecule has 0 atom stereocenters. The van der Waals surface area contributed by atoms with Gasteiger partial charge in [0, 0.05) is 12.1 Å². The number of benzene rings is 2. The van der Waals surface area contributed by atoms with E-state index >= 15 is 0 Å². The molecular formula is C21H14BrClN2O3S. The smallest absolute Gasteiger partial charge is 0.293 e. The van der Waals surface area contributed by atoms with Crippen LogP contribution in [0.25, 0.3) is 6.08 Å². The summed E-state index contributed by atoms with van der Waals surface area (Å²) in [6, 6.07) is 12.7. The van der Waals surface area contributed by atoms with Gasteiger partial charge in [0.2, 0.25) is 0 Å². The molecule has 0 radical (unpaired) electrons. The van der Waals surface area contributed by atoms with Gasteiger partial charge in [-0.1, -0.05) is 35.9 Å². The number of thioether (sulfide) groups is 1. The molecular weight excluding hydrogens is 476 g/mol. The Morgan fingerprint density at radius 1 is 1.31 bits per heavy atom. The third-order valence-electron chi connectivity index (χ3n) is 4.01. The fourth-order valence-electron chi connectivity index (χ4n) is 2.64. The Kier molecular flexibility index (Phi) is 6.80. The quantitative estimate of drug-likeness (QED) is 0.380. The Morgan fingerprint density at radius 2 is 2.07 bits per heavy atom. The van der Waals surface area contributed by atoms with Gasteiger partial charge in [-0.2, -0.15) is 5.26 Å². The molecule has 5 nitrogen and oxygen atoms in total. The summed E-state index contributed by atoms with van der Waals surface area (Å²) in [6.07, 6.45) is 3.11. The lowest BCUT2D eigenvalue weighted by Crippen LogP contribution is -2.27. The van der Waals surface area contributed by atoms with Crippen LogP contribution in [-0.4, -0.2) is 22.6 Å². The molecule has 146 valence electrons. The van der Waals surface area contributed by atoms with Gasteiger partial charge in [-0.15, -0.1) is 6.58 Å². The van der Waals surface area contributed by atoms with Crippen molar-refractivity contribution in [2.45, 2.75) is 6.61 Å². The number of nitrogens with zero attached hydrogens (tertiary/aromatic N) is 2. The standard InChI is InChI=1S/C21H14BrClN2O3S/c1-2-7-25-20(26)18(29-21(25)27)10-13-8-16(22)19(17(23)9-13)28-12-15-6-4-3-5-14(15)11-24/h2-6,8-10H,1,7,12H2/b18-10+. The predicted octanol–water partition coefficient (Wildman–Crippen LogP) is 5.78. The van der Waals surface area contributed by atoms with Crippen LogP contribution in [0, 0.1) is 11.3 Å². The summed E-state index contributed by atoms with van der Waals surface area (Å²) in [4.78, 5) is 25.7. The van der Waals surface area contributed by atoms with Gasteiger partial charge >= 0.3 is 0 Å². The van der Waals surface area contributed by atoms with Crippen LogP contribution in [0.15, 0.2) is 58.4 Å². The second-order valence-electron chi connectivity index (χ2n) is 5.95. The molecule has 1 fully saturated rings. The molecule has 0 spiro atoms. The van der Waals surface area contributed by atoms with Crippen molar-refractivity contribution in [1.82, 2.24) is 4.90 Å². The number of carbonyl (C=O) groups is 2. The average Bonchev–Trinajstić information content (AvgIpc) is 2.95. The van der Waals surface area contributed by atoms with Crippen LogP contribution in [-0.2, 0) is 11.4 Å². The number of ether oxygens (including phenoxy) is 1. The van der Waals surface area contributed by atoms with Gasteiger partial charge in [0.05, 0.1) is 26.0 Å². The van der Waals surface area contributed by atoms with Crippen LogP contribution < -0.4 is 4.74 Å². The van der Waals surface area contributed by atoms with E-state index in [0.717, 1.165) is 22.2 Å². The highest BCUT2D eigenvalue weighted by molar-refractivity contribution is 9.10. The normalized spacial score (nSPS) is 14.9. The Bertz CT molecular complexity index is 1050. The van der Waals surface area contributed by atoms with Crippen LogP contribution in [0.1, 0.15) is 16.7 Å². The molecule has 8 heteroatoms. The molecule has 2 amide bonds. The summed E-state index contributed by atoms with van der Waals surface area (Å²) in [5, 5.41) is 9.19. The third kappa shape index (κ3) is 4.73. The van der Waals surface area contributed by atoms with Crippen molar-refractivity contribution in [1.29, 1.82) is 5.26 Å². The molecule has 0 saturated carbocycles. The van der Waals surface area contributed by atoms with Crippen LogP contribution in [0.5, 0.6) is 5.75 Å². The number of hydrogen-bond acceptors (Lipinski definition) is 5. The van der Waals surface area contributed by atoms with Crippen LogP contribution in [0.2, 0.25) is 5.02 Å². The number of imide groups is 1. The van der Waals surface area contributed by atoms with E-state index in [1.807, 2.05) is 12.1 Å². The summed E-state index contributed by atoms with van der Waals surface area (Å²) in [5.74, 6) is 0.0666. The van der Waals surface area contributed by atoms with Crippen molar-refractivity contribution in [2.24, 2.45) is 0 Å². The van der Waals surface area contributed by atoms with Gasteiger partial charge in [0.25, 0.3) is 11.1 Å². The second kappa shape index (κ2) is 9.31. The maximum atomic E-state index is 12.3. The largest absolute Gasteiger partial charge is 0.486 e. The highest BCUT2D eigenvalue weighted by Crippen LogP contribution is 2.38. The summed E-state index contributed by atoms with van der Waals surface area (Å²) in [7, 11) is 0. The lowest BCUT2D eigenvalue weighted by molar-refractivity contribution is -0.122. The first-order valence-corrected chi connectivity index (χ1v) is 10.4. The molecule has 0 N–H and O–H groups in total. The van der Waals surface area contributed by atoms with Gasteiger partial charge in [0.1, 0.15) is 6.61 Å². The number of amides is 2. The zero-order chi connectivity index (χ0) is 21.0. The Hall–Kier alpha value is -2.53. The fraction of sp³-hybridized carbons (Fsp3) is 0.0952. The van der Waals surface area contributed by atoms with Crippen molar-refractivity contribution in [3.63, 3.8) is 0 Å². The highest BCUT2D eigenvalue weighted by Gasteiger charge is 2.34. The maximum absolute atomic E-state index is 12.3. The fourth-order valence-corrected chi connectivity index (χ4v) is 4.48. The van der Waals surface area contributed by atoms with E-state index in [0.29, 0.717) is 31.3 Å². The first kappa shape index (κ1) is 21.2. The number of nitriles is 1. The molecule has 1 aliphatic rings. The van der Waals surface area contributed by atoms with Gasteiger partial charge in [-0.3, -0.25) is 14.5 Å². The SMILES string of the molecule is C=CCN1C(=O)S/C(=C/c2cc(Cl)c(OCc3ccccc3C#N)c(Br)c2)C1=O. The molecule has 29 heavy (non-hydrogen) atoms. The van der Waals surface area contributed by atoms with E-state index in [1.54, 1.807) is 30.3 Å². The van der Waals surface area contributed by atoms with Gasteiger partial charge in [-0.25, -0.2) is 0 Å². The van der Waals surface area contributed by atoms with E-state index in [2.05, 4.69) is 28.6 Å². The number of hydrogen-bond donors (Lipinski definition) is 0. The zero-order valence-electron chi connectivity index (χ0n) is 15.0. The van der Waals surface area contributed by atoms with Crippen LogP contribution in [0.4, 0.5) is 4.79 Å². The van der Waals surface area contributed by atoms with E-state index < -0.39 is 0 Å². The van der Waals surface area contributed by atoms with Crippen LogP contribution >= 0.6 is 39.3 Å². The molecule has 0 bridgehead atoms. The van der Waals surface area contributed by atoms with Crippen molar-refractivity contribution >= 4 is 56.5 Å². The molecule has 1 heterocycles.